The van der Waals surface area contributed by atoms with Crippen LogP contribution in [0.2, 0.25) is 0 Å². The van der Waals surface area contributed by atoms with Crippen LogP contribution in [-0.2, 0) is 9.84 Å². The van der Waals surface area contributed by atoms with E-state index in [4.69, 9.17) is 4.74 Å². The number of benzene rings is 2. The Labute approximate surface area is 126 Å². The molecule has 0 saturated heterocycles. The summed E-state index contributed by atoms with van der Waals surface area (Å²) in [5, 5.41) is 11.0. The van der Waals surface area contributed by atoms with Crippen LogP contribution >= 0.6 is 0 Å². The Balaban J connectivity index is 2.39. The van der Waals surface area contributed by atoms with Gasteiger partial charge < -0.3 is 4.74 Å². The highest BCUT2D eigenvalue weighted by Gasteiger charge is 2.22. The normalized spacial score (nSPS) is 11.0. The molecule has 0 unspecified atom stereocenters. The van der Waals surface area contributed by atoms with Gasteiger partial charge in [0.25, 0.3) is 0 Å². The molecule has 0 amide bonds. The summed E-state index contributed by atoms with van der Waals surface area (Å²) in [6.45, 7) is 0. The maximum absolute atomic E-state index is 11.9. The van der Waals surface area contributed by atoms with E-state index in [9.17, 15) is 23.3 Å². The molecule has 0 spiro atoms. The lowest BCUT2D eigenvalue weighted by Crippen LogP contribution is -2.10. The molecule has 0 aliphatic carbocycles. The van der Waals surface area contributed by atoms with Crippen molar-refractivity contribution < 1.29 is 22.9 Å². The molecule has 0 saturated carbocycles. The third kappa shape index (κ3) is 3.47. The second kappa shape index (κ2) is 5.94. The number of hydrogen-bond donors (Lipinski definition) is 0. The molecule has 7 nitrogen and oxygen atoms in total. The summed E-state index contributed by atoms with van der Waals surface area (Å²) in [7, 11) is -3.60. The topological polar surface area (TPSA) is 104 Å². The van der Waals surface area contributed by atoms with E-state index in [1.807, 2.05) is 0 Å². The quantitative estimate of drug-likeness (QED) is 0.370. The molecule has 0 heterocycles. The van der Waals surface area contributed by atoms with E-state index in [1.54, 1.807) is 18.2 Å². The second-order valence-corrected chi connectivity index (χ2v) is 6.43. The lowest BCUT2D eigenvalue weighted by Gasteiger charge is -2.06. The Morgan fingerprint density at radius 3 is 2.32 bits per heavy atom. The van der Waals surface area contributed by atoms with Gasteiger partial charge in [0.15, 0.2) is 9.84 Å². The van der Waals surface area contributed by atoms with Crippen molar-refractivity contribution in [2.45, 2.75) is 4.90 Å². The maximum atomic E-state index is 11.9. The van der Waals surface area contributed by atoms with Crippen LogP contribution in [0.25, 0.3) is 0 Å². The van der Waals surface area contributed by atoms with Gasteiger partial charge in [-0.1, -0.05) is 18.2 Å². The van der Waals surface area contributed by atoms with Crippen LogP contribution in [0.15, 0.2) is 53.4 Å². The number of nitro benzene ring substituents is 1. The first-order valence-corrected chi connectivity index (χ1v) is 7.94. The molecule has 0 bridgehead atoms. The van der Waals surface area contributed by atoms with Gasteiger partial charge >= 0.3 is 11.7 Å². The third-order valence-corrected chi connectivity index (χ3v) is 3.88. The van der Waals surface area contributed by atoms with E-state index in [0.717, 1.165) is 24.5 Å². The van der Waals surface area contributed by atoms with Crippen molar-refractivity contribution in [3.8, 4) is 5.75 Å². The Morgan fingerprint density at radius 2 is 1.77 bits per heavy atom. The largest absolute Gasteiger partial charge is 0.416 e. The summed E-state index contributed by atoms with van der Waals surface area (Å²) in [5.74, 6) is -1.08. The van der Waals surface area contributed by atoms with Crippen LogP contribution in [0, 0.1) is 10.1 Å². The molecule has 0 radical (unpaired) electrons. The van der Waals surface area contributed by atoms with Crippen LogP contribution in [-0.4, -0.2) is 25.6 Å². The lowest BCUT2D eigenvalue weighted by atomic mass is 10.2. The van der Waals surface area contributed by atoms with E-state index < -0.39 is 26.4 Å². The molecule has 0 aromatic heterocycles. The molecule has 0 aliphatic heterocycles. The van der Waals surface area contributed by atoms with Crippen LogP contribution in [0.1, 0.15) is 10.4 Å². The Bertz CT molecular complexity index is 830. The molecular formula is C14H11NO6S. The van der Waals surface area contributed by atoms with Crippen molar-refractivity contribution in [2.24, 2.45) is 0 Å². The Morgan fingerprint density at radius 1 is 1.14 bits per heavy atom. The van der Waals surface area contributed by atoms with Crippen molar-refractivity contribution in [2.75, 3.05) is 6.26 Å². The summed E-state index contributed by atoms with van der Waals surface area (Å²) in [6, 6.07) is 11.1. The highest BCUT2D eigenvalue weighted by Crippen LogP contribution is 2.30. The fourth-order valence-corrected chi connectivity index (χ4v) is 2.33. The van der Waals surface area contributed by atoms with E-state index in [2.05, 4.69) is 0 Å². The van der Waals surface area contributed by atoms with E-state index in [0.29, 0.717) is 0 Å². The number of rotatable bonds is 4. The molecular weight excluding hydrogens is 310 g/mol. The number of esters is 1. The van der Waals surface area contributed by atoms with Gasteiger partial charge in [0.05, 0.1) is 15.4 Å². The third-order valence-electron chi connectivity index (χ3n) is 2.77. The van der Waals surface area contributed by atoms with Gasteiger partial charge in [-0.25, -0.2) is 13.2 Å². The molecule has 0 N–H and O–H groups in total. The van der Waals surface area contributed by atoms with Crippen molar-refractivity contribution in [3.05, 3.63) is 64.2 Å². The zero-order valence-electron chi connectivity index (χ0n) is 11.4. The average Bonchev–Trinajstić information content (AvgIpc) is 2.47. The highest BCUT2D eigenvalue weighted by molar-refractivity contribution is 7.90. The van der Waals surface area contributed by atoms with E-state index in [-0.39, 0.29) is 16.2 Å². The standard InChI is InChI=1S/C14H11NO6S/c1-22(19,20)11-7-8-13(12(9-11)15(17)18)21-14(16)10-5-3-2-4-6-10/h2-9H,1H3. The van der Waals surface area contributed by atoms with Gasteiger partial charge in [-0.15, -0.1) is 0 Å². The fraction of sp³-hybridized carbons (Fsp3) is 0.0714. The predicted molar refractivity (Wildman–Crippen MR) is 77.6 cm³/mol. The minimum atomic E-state index is -3.60. The summed E-state index contributed by atoms with van der Waals surface area (Å²) in [4.78, 5) is 21.9. The number of carbonyl (C=O) groups is 1. The molecule has 2 aromatic rings. The number of ether oxygens (including phenoxy) is 1. The second-order valence-electron chi connectivity index (χ2n) is 4.41. The first kappa shape index (κ1) is 15.6. The van der Waals surface area contributed by atoms with E-state index >= 15 is 0 Å². The van der Waals surface area contributed by atoms with Crippen LogP contribution in [0.3, 0.4) is 0 Å². The minimum Gasteiger partial charge on any atom is -0.416 e. The summed E-state index contributed by atoms with van der Waals surface area (Å²) in [6.07, 6.45) is 0.932. The van der Waals surface area contributed by atoms with Crippen molar-refractivity contribution >= 4 is 21.5 Å². The molecule has 2 rings (SSSR count). The SMILES string of the molecule is CS(=O)(=O)c1ccc(OC(=O)c2ccccc2)c([N+](=O)[O-])c1. The summed E-state index contributed by atoms with van der Waals surface area (Å²) < 4.78 is 27.8. The zero-order valence-corrected chi connectivity index (χ0v) is 12.2. The molecule has 0 atom stereocenters. The lowest BCUT2D eigenvalue weighted by molar-refractivity contribution is -0.385. The van der Waals surface area contributed by atoms with Gasteiger partial charge in [0.2, 0.25) is 5.75 Å². The smallest absolute Gasteiger partial charge is 0.343 e. The first-order chi connectivity index (χ1) is 10.3. The summed E-state index contributed by atoms with van der Waals surface area (Å²) >= 11 is 0. The van der Waals surface area contributed by atoms with Crippen molar-refractivity contribution in [1.29, 1.82) is 0 Å². The number of sulfone groups is 1. The fourth-order valence-electron chi connectivity index (χ4n) is 1.69. The van der Waals surface area contributed by atoms with E-state index in [1.165, 1.54) is 12.1 Å². The van der Waals surface area contributed by atoms with Gasteiger partial charge in [-0.2, -0.15) is 0 Å². The van der Waals surface area contributed by atoms with Crippen LogP contribution in [0.5, 0.6) is 5.75 Å². The molecule has 0 aliphatic rings. The number of hydrogen-bond acceptors (Lipinski definition) is 6. The van der Waals surface area contributed by atoms with Gasteiger partial charge in [-0.05, 0) is 24.3 Å². The van der Waals surface area contributed by atoms with Crippen LogP contribution in [0.4, 0.5) is 5.69 Å². The minimum absolute atomic E-state index is 0.223. The number of carbonyl (C=O) groups excluding carboxylic acids is 1. The molecule has 8 heteroatoms. The van der Waals surface area contributed by atoms with Crippen LogP contribution < -0.4 is 4.74 Å². The number of nitro groups is 1. The first-order valence-electron chi connectivity index (χ1n) is 6.05. The molecule has 114 valence electrons. The molecule has 22 heavy (non-hydrogen) atoms. The monoisotopic (exact) mass is 321 g/mol. The molecule has 2 aromatic carbocycles. The Kier molecular flexibility index (Phi) is 4.22. The van der Waals surface area contributed by atoms with Crippen molar-refractivity contribution in [3.63, 3.8) is 0 Å². The Hall–Kier alpha value is -2.74. The number of nitrogens with zero attached hydrogens (tertiary/aromatic N) is 1. The zero-order chi connectivity index (χ0) is 16.3. The predicted octanol–water partition coefficient (Wildman–Crippen LogP) is 2.22. The average molecular weight is 321 g/mol. The molecule has 0 fully saturated rings. The highest BCUT2D eigenvalue weighted by atomic mass is 32.2. The maximum Gasteiger partial charge on any atom is 0.343 e. The van der Waals surface area contributed by atoms with Gasteiger partial charge in [0.1, 0.15) is 0 Å². The van der Waals surface area contributed by atoms with Crippen molar-refractivity contribution in [1.82, 2.24) is 0 Å². The van der Waals surface area contributed by atoms with Gasteiger partial charge in [0, 0.05) is 12.3 Å². The van der Waals surface area contributed by atoms with Gasteiger partial charge in [-0.3, -0.25) is 10.1 Å². The summed E-state index contributed by atoms with van der Waals surface area (Å²) in [5.41, 5.74) is -0.365.